The Morgan fingerprint density at radius 3 is 2.47 bits per heavy atom. The van der Waals surface area contributed by atoms with Gasteiger partial charge in [-0.2, -0.15) is 0 Å². The number of rotatable bonds is 6. The Balaban J connectivity index is 1.80. The number of para-hydroxylation sites is 1. The van der Waals surface area contributed by atoms with E-state index in [1.54, 1.807) is 6.07 Å². The van der Waals surface area contributed by atoms with E-state index >= 15 is 0 Å². The first kappa shape index (κ1) is 19.9. The third kappa shape index (κ3) is 4.11. The van der Waals surface area contributed by atoms with E-state index in [-0.39, 0.29) is 11.8 Å². The molecule has 0 bridgehead atoms. The van der Waals surface area contributed by atoms with Gasteiger partial charge in [-0.1, -0.05) is 55.0 Å². The van der Waals surface area contributed by atoms with Crippen molar-refractivity contribution in [3.05, 3.63) is 72.3 Å². The highest BCUT2D eigenvalue weighted by Gasteiger charge is 2.14. The SMILES string of the molecule is CC[C@@H](N)CNc1nc(-c2cc(-c3ccc(C)cc3)ccc2O)nc2ccccc12. The second kappa shape index (κ2) is 8.51. The Kier molecular flexibility index (Phi) is 5.63. The fourth-order valence-electron chi connectivity index (χ4n) is 3.34. The quantitative estimate of drug-likeness (QED) is 0.419. The van der Waals surface area contributed by atoms with Crippen LogP contribution >= 0.6 is 0 Å². The highest BCUT2D eigenvalue weighted by Crippen LogP contribution is 2.34. The lowest BCUT2D eigenvalue weighted by Crippen LogP contribution is -2.28. The van der Waals surface area contributed by atoms with Gasteiger partial charge in [-0.05, 0) is 48.7 Å². The third-order valence-electron chi connectivity index (χ3n) is 5.28. The van der Waals surface area contributed by atoms with Gasteiger partial charge in [0, 0.05) is 18.0 Å². The molecule has 1 heterocycles. The summed E-state index contributed by atoms with van der Waals surface area (Å²) in [4.78, 5) is 9.47. The van der Waals surface area contributed by atoms with Crippen molar-refractivity contribution in [2.75, 3.05) is 11.9 Å². The normalized spacial score (nSPS) is 12.1. The molecule has 4 aromatic rings. The molecule has 1 aromatic heterocycles. The van der Waals surface area contributed by atoms with E-state index in [1.807, 2.05) is 36.4 Å². The lowest BCUT2D eigenvalue weighted by atomic mass is 10.0. The molecule has 0 saturated heterocycles. The maximum atomic E-state index is 10.6. The van der Waals surface area contributed by atoms with Crippen LogP contribution in [0.15, 0.2) is 66.7 Å². The molecule has 4 N–H and O–H groups in total. The number of nitrogens with one attached hydrogen (secondary N) is 1. The molecule has 0 saturated carbocycles. The summed E-state index contributed by atoms with van der Waals surface area (Å²) in [6, 6.07) is 21.7. The standard InChI is InChI=1S/C25H26N4O/c1-3-19(26)15-27-24-20-6-4-5-7-22(20)28-25(29-24)21-14-18(12-13-23(21)30)17-10-8-16(2)9-11-17/h4-14,19,30H,3,15,26H2,1-2H3,(H,27,28,29)/t19-/m1/s1. The lowest BCUT2D eigenvalue weighted by molar-refractivity contribution is 0.477. The molecule has 0 aliphatic heterocycles. The second-order valence-corrected chi connectivity index (χ2v) is 7.56. The molecule has 4 rings (SSSR count). The first-order valence-corrected chi connectivity index (χ1v) is 10.2. The molecular weight excluding hydrogens is 372 g/mol. The fraction of sp³-hybridized carbons (Fsp3) is 0.200. The topological polar surface area (TPSA) is 84.1 Å². The van der Waals surface area contributed by atoms with Crippen LogP contribution in [0.3, 0.4) is 0 Å². The van der Waals surface area contributed by atoms with Gasteiger partial charge in [0.2, 0.25) is 0 Å². The van der Waals surface area contributed by atoms with Gasteiger partial charge in [0.15, 0.2) is 5.82 Å². The molecule has 0 fully saturated rings. The van der Waals surface area contributed by atoms with Crippen molar-refractivity contribution in [1.29, 1.82) is 0 Å². The Morgan fingerprint density at radius 1 is 0.967 bits per heavy atom. The highest BCUT2D eigenvalue weighted by molar-refractivity contribution is 5.91. The van der Waals surface area contributed by atoms with Crippen molar-refractivity contribution in [2.45, 2.75) is 26.3 Å². The molecule has 0 unspecified atom stereocenters. The Labute approximate surface area is 176 Å². The number of anilines is 1. The lowest BCUT2D eigenvalue weighted by Gasteiger charge is -2.14. The van der Waals surface area contributed by atoms with Crippen LogP contribution in [0.2, 0.25) is 0 Å². The Hall–Kier alpha value is -3.44. The molecule has 0 spiro atoms. The van der Waals surface area contributed by atoms with Gasteiger partial charge < -0.3 is 16.2 Å². The Bertz CT molecular complexity index is 1170. The number of hydrogen-bond donors (Lipinski definition) is 3. The monoisotopic (exact) mass is 398 g/mol. The fourth-order valence-corrected chi connectivity index (χ4v) is 3.34. The van der Waals surface area contributed by atoms with Crippen LogP contribution < -0.4 is 11.1 Å². The van der Waals surface area contributed by atoms with Gasteiger partial charge in [-0.3, -0.25) is 0 Å². The van der Waals surface area contributed by atoms with Crippen LogP contribution in [-0.4, -0.2) is 27.7 Å². The molecule has 0 radical (unpaired) electrons. The van der Waals surface area contributed by atoms with Crippen molar-refractivity contribution < 1.29 is 5.11 Å². The van der Waals surface area contributed by atoms with E-state index < -0.39 is 0 Å². The number of phenolic OH excluding ortho intramolecular Hbond substituents is 1. The number of nitrogens with zero attached hydrogens (tertiary/aromatic N) is 2. The number of aromatic hydroxyl groups is 1. The summed E-state index contributed by atoms with van der Waals surface area (Å²) in [5.41, 5.74) is 10.8. The molecule has 3 aromatic carbocycles. The summed E-state index contributed by atoms with van der Waals surface area (Å²) >= 11 is 0. The largest absolute Gasteiger partial charge is 0.507 e. The minimum atomic E-state index is 0.0421. The molecule has 152 valence electrons. The van der Waals surface area contributed by atoms with Crippen molar-refractivity contribution in [3.63, 3.8) is 0 Å². The van der Waals surface area contributed by atoms with E-state index in [4.69, 9.17) is 15.7 Å². The minimum absolute atomic E-state index is 0.0421. The summed E-state index contributed by atoms with van der Waals surface area (Å²) < 4.78 is 0. The predicted octanol–water partition coefficient (Wildman–Crippen LogP) is 5.13. The average molecular weight is 399 g/mol. The number of phenols is 1. The van der Waals surface area contributed by atoms with Crippen molar-refractivity contribution >= 4 is 16.7 Å². The average Bonchev–Trinajstić information content (AvgIpc) is 2.78. The number of hydrogen-bond acceptors (Lipinski definition) is 5. The van der Waals surface area contributed by atoms with Crippen LogP contribution in [0, 0.1) is 6.92 Å². The number of nitrogens with two attached hydrogens (primary N) is 1. The van der Waals surface area contributed by atoms with E-state index in [2.05, 4.69) is 43.4 Å². The zero-order valence-electron chi connectivity index (χ0n) is 17.3. The van der Waals surface area contributed by atoms with Crippen molar-refractivity contribution in [1.82, 2.24) is 9.97 Å². The highest BCUT2D eigenvalue weighted by atomic mass is 16.3. The molecule has 0 aliphatic rings. The van der Waals surface area contributed by atoms with Crippen molar-refractivity contribution in [2.24, 2.45) is 5.73 Å². The van der Waals surface area contributed by atoms with E-state index in [0.717, 1.165) is 34.3 Å². The maximum absolute atomic E-state index is 10.6. The van der Waals surface area contributed by atoms with Crippen LogP contribution in [0.5, 0.6) is 5.75 Å². The number of aromatic nitrogens is 2. The van der Waals surface area contributed by atoms with E-state index in [0.29, 0.717) is 17.9 Å². The first-order valence-electron chi connectivity index (χ1n) is 10.2. The summed E-state index contributed by atoms with van der Waals surface area (Å²) in [5, 5.41) is 14.9. The van der Waals surface area contributed by atoms with Crippen LogP contribution in [0.4, 0.5) is 5.82 Å². The van der Waals surface area contributed by atoms with Gasteiger partial charge in [-0.15, -0.1) is 0 Å². The molecule has 0 aliphatic carbocycles. The third-order valence-corrected chi connectivity index (χ3v) is 5.28. The molecule has 5 heteroatoms. The number of fused-ring (bicyclic) bond motifs is 1. The number of aryl methyl sites for hydroxylation is 1. The summed E-state index contributed by atoms with van der Waals surface area (Å²) in [6.07, 6.45) is 0.877. The van der Waals surface area contributed by atoms with Crippen molar-refractivity contribution in [3.8, 4) is 28.3 Å². The predicted molar refractivity (Wildman–Crippen MR) is 124 cm³/mol. The second-order valence-electron chi connectivity index (χ2n) is 7.56. The van der Waals surface area contributed by atoms with E-state index in [9.17, 15) is 5.11 Å². The maximum Gasteiger partial charge on any atom is 0.165 e. The first-order chi connectivity index (χ1) is 14.5. The number of benzene rings is 3. The van der Waals surface area contributed by atoms with Crippen LogP contribution in [0.25, 0.3) is 33.4 Å². The molecule has 30 heavy (non-hydrogen) atoms. The molecule has 5 nitrogen and oxygen atoms in total. The van der Waals surface area contributed by atoms with Gasteiger partial charge in [0.05, 0.1) is 11.1 Å². The van der Waals surface area contributed by atoms with Gasteiger partial charge in [0.25, 0.3) is 0 Å². The van der Waals surface area contributed by atoms with Gasteiger partial charge >= 0.3 is 0 Å². The summed E-state index contributed by atoms with van der Waals surface area (Å²) in [6.45, 7) is 4.74. The minimum Gasteiger partial charge on any atom is -0.507 e. The zero-order chi connectivity index (χ0) is 21.1. The van der Waals surface area contributed by atoms with Crippen LogP contribution in [-0.2, 0) is 0 Å². The smallest absolute Gasteiger partial charge is 0.165 e. The molecule has 1 atom stereocenters. The van der Waals surface area contributed by atoms with Crippen LogP contribution in [0.1, 0.15) is 18.9 Å². The summed E-state index contributed by atoms with van der Waals surface area (Å²) in [5.74, 6) is 1.35. The molecule has 0 amide bonds. The zero-order valence-corrected chi connectivity index (χ0v) is 17.3. The van der Waals surface area contributed by atoms with Gasteiger partial charge in [-0.25, -0.2) is 9.97 Å². The summed E-state index contributed by atoms with van der Waals surface area (Å²) in [7, 11) is 0. The molecular formula is C25H26N4O. The van der Waals surface area contributed by atoms with Gasteiger partial charge in [0.1, 0.15) is 11.6 Å². The van der Waals surface area contributed by atoms with E-state index in [1.165, 1.54) is 5.56 Å². The Morgan fingerprint density at radius 2 is 1.70 bits per heavy atom.